The number of amides is 2. The predicted molar refractivity (Wildman–Crippen MR) is 85.0 cm³/mol. The molecule has 0 atom stereocenters. The quantitative estimate of drug-likeness (QED) is 0.775. The highest BCUT2D eigenvalue weighted by atomic mass is 16.2. The van der Waals surface area contributed by atoms with Gasteiger partial charge in [0.2, 0.25) is 0 Å². The normalized spacial score (nSPS) is 17.4. The van der Waals surface area contributed by atoms with Gasteiger partial charge in [-0.3, -0.25) is 0 Å². The molecular formula is C16H33N3O. The van der Waals surface area contributed by atoms with E-state index in [1.807, 2.05) is 16.8 Å². The van der Waals surface area contributed by atoms with Crippen LogP contribution in [-0.4, -0.2) is 66.5 Å². The molecule has 0 aromatic rings. The SMILES string of the molecule is CC(C)N(C)CCC1CCN(C(=O)N(C)C(C)C)CC1. The van der Waals surface area contributed by atoms with E-state index < -0.39 is 0 Å². The molecule has 0 aromatic heterocycles. The first-order chi connectivity index (χ1) is 9.32. The van der Waals surface area contributed by atoms with Crippen LogP contribution < -0.4 is 0 Å². The largest absolute Gasteiger partial charge is 0.325 e. The second-order valence-electron chi connectivity index (χ2n) is 6.78. The fourth-order valence-electron chi connectivity index (χ4n) is 2.50. The first-order valence-electron chi connectivity index (χ1n) is 8.04. The second kappa shape index (κ2) is 7.87. The zero-order chi connectivity index (χ0) is 15.3. The van der Waals surface area contributed by atoms with Crippen molar-refractivity contribution < 1.29 is 4.79 Å². The van der Waals surface area contributed by atoms with Crippen molar-refractivity contribution in [2.24, 2.45) is 5.92 Å². The molecule has 1 heterocycles. The van der Waals surface area contributed by atoms with Crippen LogP contribution >= 0.6 is 0 Å². The molecule has 0 N–H and O–H groups in total. The van der Waals surface area contributed by atoms with Crippen LogP contribution in [0.25, 0.3) is 0 Å². The Bertz CT molecular complexity index is 296. The lowest BCUT2D eigenvalue weighted by atomic mass is 9.93. The van der Waals surface area contributed by atoms with E-state index in [0.29, 0.717) is 6.04 Å². The Kier molecular flexibility index (Phi) is 6.80. The first kappa shape index (κ1) is 17.3. The molecule has 2 amide bonds. The van der Waals surface area contributed by atoms with Gasteiger partial charge in [-0.1, -0.05) is 0 Å². The summed E-state index contributed by atoms with van der Waals surface area (Å²) in [5.74, 6) is 0.782. The van der Waals surface area contributed by atoms with Gasteiger partial charge >= 0.3 is 6.03 Å². The van der Waals surface area contributed by atoms with E-state index in [1.54, 1.807) is 0 Å². The molecule has 4 heteroatoms. The molecule has 0 unspecified atom stereocenters. The van der Waals surface area contributed by atoms with Crippen LogP contribution in [0.4, 0.5) is 4.79 Å². The minimum Gasteiger partial charge on any atom is -0.325 e. The zero-order valence-corrected chi connectivity index (χ0v) is 14.2. The van der Waals surface area contributed by atoms with E-state index in [2.05, 4.69) is 39.6 Å². The zero-order valence-electron chi connectivity index (χ0n) is 14.2. The molecule has 0 aliphatic carbocycles. The first-order valence-corrected chi connectivity index (χ1v) is 8.04. The third-order valence-corrected chi connectivity index (χ3v) is 4.73. The Morgan fingerprint density at radius 1 is 1.10 bits per heavy atom. The van der Waals surface area contributed by atoms with Gasteiger partial charge in [0.25, 0.3) is 0 Å². The molecule has 0 bridgehead atoms. The highest BCUT2D eigenvalue weighted by Gasteiger charge is 2.25. The highest BCUT2D eigenvalue weighted by molar-refractivity contribution is 5.74. The summed E-state index contributed by atoms with van der Waals surface area (Å²) < 4.78 is 0. The fraction of sp³-hybridized carbons (Fsp3) is 0.938. The summed E-state index contributed by atoms with van der Waals surface area (Å²) in [5, 5.41) is 0. The Labute approximate surface area is 125 Å². The van der Waals surface area contributed by atoms with Crippen LogP contribution in [0, 0.1) is 5.92 Å². The number of piperidine rings is 1. The van der Waals surface area contributed by atoms with Gasteiger partial charge in [-0.2, -0.15) is 0 Å². The number of carbonyl (C=O) groups is 1. The second-order valence-corrected chi connectivity index (χ2v) is 6.78. The van der Waals surface area contributed by atoms with Crippen LogP contribution in [0.1, 0.15) is 47.0 Å². The lowest BCUT2D eigenvalue weighted by molar-refractivity contribution is 0.127. The van der Waals surface area contributed by atoms with Gasteiger partial charge in [0.1, 0.15) is 0 Å². The van der Waals surface area contributed by atoms with Crippen molar-refractivity contribution in [2.75, 3.05) is 33.7 Å². The minimum absolute atomic E-state index is 0.192. The highest BCUT2D eigenvalue weighted by Crippen LogP contribution is 2.22. The standard InChI is InChI=1S/C16H33N3O/c1-13(2)17(5)10-7-15-8-11-19(12-9-15)16(20)18(6)14(3)4/h13-15H,7-12H2,1-6H3. The smallest absolute Gasteiger partial charge is 0.319 e. The monoisotopic (exact) mass is 283 g/mol. The Balaban J connectivity index is 2.31. The molecule has 0 saturated carbocycles. The molecule has 4 nitrogen and oxygen atoms in total. The van der Waals surface area contributed by atoms with Gasteiger partial charge < -0.3 is 14.7 Å². The molecule has 1 fully saturated rings. The maximum absolute atomic E-state index is 12.2. The molecular weight excluding hydrogens is 250 g/mol. The number of hydrogen-bond donors (Lipinski definition) is 0. The Hall–Kier alpha value is -0.770. The lowest BCUT2D eigenvalue weighted by Crippen LogP contribution is -2.47. The predicted octanol–water partition coefficient (Wildman–Crippen LogP) is 2.89. The van der Waals surface area contributed by atoms with Crippen molar-refractivity contribution in [1.29, 1.82) is 0 Å². The summed E-state index contributed by atoms with van der Waals surface area (Å²) >= 11 is 0. The molecule has 20 heavy (non-hydrogen) atoms. The molecule has 1 aliphatic rings. The van der Waals surface area contributed by atoms with Crippen molar-refractivity contribution >= 4 is 6.03 Å². The van der Waals surface area contributed by atoms with E-state index in [-0.39, 0.29) is 12.1 Å². The molecule has 118 valence electrons. The number of urea groups is 1. The van der Waals surface area contributed by atoms with Crippen molar-refractivity contribution in [1.82, 2.24) is 14.7 Å². The maximum Gasteiger partial charge on any atom is 0.319 e. The van der Waals surface area contributed by atoms with E-state index in [9.17, 15) is 4.79 Å². The van der Waals surface area contributed by atoms with E-state index in [4.69, 9.17) is 0 Å². The average molecular weight is 283 g/mol. The van der Waals surface area contributed by atoms with Crippen LogP contribution in [-0.2, 0) is 0 Å². The van der Waals surface area contributed by atoms with E-state index in [1.165, 1.54) is 13.0 Å². The average Bonchev–Trinajstić information content (AvgIpc) is 2.43. The van der Waals surface area contributed by atoms with Crippen LogP contribution in [0.3, 0.4) is 0 Å². The topological polar surface area (TPSA) is 26.8 Å². The number of nitrogens with zero attached hydrogens (tertiary/aromatic N) is 3. The van der Waals surface area contributed by atoms with Crippen LogP contribution in [0.15, 0.2) is 0 Å². The number of rotatable bonds is 5. The summed E-state index contributed by atoms with van der Waals surface area (Å²) in [6.45, 7) is 11.6. The van der Waals surface area contributed by atoms with Crippen molar-refractivity contribution in [2.45, 2.75) is 59.0 Å². The summed E-state index contributed by atoms with van der Waals surface area (Å²) in [5.41, 5.74) is 0. The summed E-state index contributed by atoms with van der Waals surface area (Å²) in [6, 6.07) is 1.09. The Morgan fingerprint density at radius 2 is 1.65 bits per heavy atom. The number of carbonyl (C=O) groups excluding carboxylic acids is 1. The third-order valence-electron chi connectivity index (χ3n) is 4.73. The van der Waals surface area contributed by atoms with Crippen molar-refractivity contribution in [3.05, 3.63) is 0 Å². The fourth-order valence-corrected chi connectivity index (χ4v) is 2.50. The van der Waals surface area contributed by atoms with Crippen molar-refractivity contribution in [3.63, 3.8) is 0 Å². The number of likely N-dealkylation sites (tertiary alicyclic amines) is 1. The summed E-state index contributed by atoms with van der Waals surface area (Å²) in [6.07, 6.45) is 3.57. The molecule has 0 aromatic carbocycles. The summed E-state index contributed by atoms with van der Waals surface area (Å²) in [4.78, 5) is 18.5. The summed E-state index contributed by atoms with van der Waals surface area (Å²) in [7, 11) is 4.09. The van der Waals surface area contributed by atoms with Crippen LogP contribution in [0.2, 0.25) is 0 Å². The maximum atomic E-state index is 12.2. The van der Waals surface area contributed by atoms with Gasteiger partial charge in [0.15, 0.2) is 0 Å². The lowest BCUT2D eigenvalue weighted by Gasteiger charge is -2.36. The number of hydrogen-bond acceptors (Lipinski definition) is 2. The molecule has 1 rings (SSSR count). The van der Waals surface area contributed by atoms with Crippen LogP contribution in [0.5, 0.6) is 0 Å². The van der Waals surface area contributed by atoms with E-state index in [0.717, 1.165) is 31.8 Å². The third kappa shape index (κ3) is 4.97. The Morgan fingerprint density at radius 3 is 2.10 bits per heavy atom. The molecule has 1 saturated heterocycles. The van der Waals surface area contributed by atoms with Crippen molar-refractivity contribution in [3.8, 4) is 0 Å². The van der Waals surface area contributed by atoms with Gasteiger partial charge in [-0.05, 0) is 66.5 Å². The minimum atomic E-state index is 0.192. The van der Waals surface area contributed by atoms with E-state index >= 15 is 0 Å². The van der Waals surface area contributed by atoms with Gasteiger partial charge in [-0.25, -0.2) is 4.79 Å². The van der Waals surface area contributed by atoms with Gasteiger partial charge in [-0.15, -0.1) is 0 Å². The molecule has 0 spiro atoms. The molecule has 1 aliphatic heterocycles. The van der Waals surface area contributed by atoms with Gasteiger partial charge in [0.05, 0.1) is 0 Å². The van der Waals surface area contributed by atoms with Gasteiger partial charge in [0, 0.05) is 32.2 Å². The molecule has 0 radical (unpaired) electrons.